The van der Waals surface area contributed by atoms with Gasteiger partial charge in [0, 0.05) is 0 Å². The van der Waals surface area contributed by atoms with Crippen molar-refractivity contribution in [3.8, 4) is 0 Å². The predicted octanol–water partition coefficient (Wildman–Crippen LogP) is 1.40. The van der Waals surface area contributed by atoms with Crippen LogP contribution in [0.25, 0.3) is 0 Å². The van der Waals surface area contributed by atoms with Crippen LogP contribution >= 0.6 is 0 Å². The van der Waals surface area contributed by atoms with E-state index >= 15 is 0 Å². The molecule has 1 aromatic rings. The van der Waals surface area contributed by atoms with Gasteiger partial charge in [0.05, 0.1) is 19.3 Å². The highest BCUT2D eigenvalue weighted by Crippen LogP contribution is 2.00. The molecule has 0 aliphatic carbocycles. The van der Waals surface area contributed by atoms with Gasteiger partial charge in [-0.2, -0.15) is 0 Å². The first-order valence-corrected chi connectivity index (χ1v) is 3.92. The summed E-state index contributed by atoms with van der Waals surface area (Å²) in [6.45, 7) is 4.22. The maximum atomic E-state index is 8.79. The van der Waals surface area contributed by atoms with E-state index in [-0.39, 0.29) is 6.61 Å². The Bertz CT molecular complexity index is 206. The Hall–Kier alpha value is -0.860. The fourth-order valence-electron chi connectivity index (χ4n) is 0.887. The third-order valence-corrected chi connectivity index (χ3v) is 1.42. The fraction of sp³-hybridized carbons (Fsp3) is 0.300. The van der Waals surface area contributed by atoms with E-state index < -0.39 is 6.10 Å². The summed E-state index contributed by atoms with van der Waals surface area (Å²) in [6, 6.07) is 9.84. The standard InChI is InChI=1S/C10H13O2/c1-9(11)7-12-8-10-5-3-2-4-6-10/h2-6,9,11H,1,7-8H2/t9-/m0/s1. The fourth-order valence-corrected chi connectivity index (χ4v) is 0.887. The van der Waals surface area contributed by atoms with Crippen molar-refractivity contribution in [1.82, 2.24) is 0 Å². The third-order valence-electron chi connectivity index (χ3n) is 1.42. The first-order chi connectivity index (χ1) is 5.79. The van der Waals surface area contributed by atoms with E-state index in [1.807, 2.05) is 30.3 Å². The summed E-state index contributed by atoms with van der Waals surface area (Å²) in [5, 5.41) is 8.79. The van der Waals surface area contributed by atoms with Crippen molar-refractivity contribution in [3.05, 3.63) is 42.8 Å². The Morgan fingerprint density at radius 3 is 2.58 bits per heavy atom. The number of aliphatic hydroxyl groups is 1. The van der Waals surface area contributed by atoms with Crippen molar-refractivity contribution < 1.29 is 9.84 Å². The molecule has 0 unspecified atom stereocenters. The van der Waals surface area contributed by atoms with Gasteiger partial charge < -0.3 is 9.84 Å². The first kappa shape index (κ1) is 9.23. The van der Waals surface area contributed by atoms with E-state index in [1.165, 1.54) is 0 Å². The predicted molar refractivity (Wildman–Crippen MR) is 47.5 cm³/mol. The Morgan fingerprint density at radius 2 is 2.00 bits per heavy atom. The molecule has 1 aromatic carbocycles. The molecule has 0 bridgehead atoms. The summed E-state index contributed by atoms with van der Waals surface area (Å²) in [5.74, 6) is 0. The van der Waals surface area contributed by atoms with Crippen molar-refractivity contribution >= 4 is 0 Å². The van der Waals surface area contributed by atoms with Crippen molar-refractivity contribution in [3.63, 3.8) is 0 Å². The largest absolute Gasteiger partial charge is 0.391 e. The topological polar surface area (TPSA) is 29.5 Å². The molecule has 1 atom stereocenters. The summed E-state index contributed by atoms with van der Waals surface area (Å²) in [6.07, 6.45) is -0.631. The Balaban J connectivity index is 2.25. The second kappa shape index (κ2) is 4.91. The van der Waals surface area contributed by atoms with Gasteiger partial charge in [-0.05, 0) is 12.5 Å². The van der Waals surface area contributed by atoms with Crippen LogP contribution in [0.5, 0.6) is 0 Å². The quantitative estimate of drug-likeness (QED) is 0.730. The molecule has 2 heteroatoms. The average Bonchev–Trinajstić information content (AvgIpc) is 2.05. The minimum atomic E-state index is -0.631. The molecule has 0 aliphatic rings. The molecule has 0 fully saturated rings. The molecule has 65 valence electrons. The van der Waals surface area contributed by atoms with Gasteiger partial charge >= 0.3 is 0 Å². The van der Waals surface area contributed by atoms with Gasteiger partial charge in [-0.15, -0.1) is 0 Å². The zero-order chi connectivity index (χ0) is 8.81. The van der Waals surface area contributed by atoms with Crippen molar-refractivity contribution in [1.29, 1.82) is 0 Å². The first-order valence-electron chi connectivity index (χ1n) is 3.92. The lowest BCUT2D eigenvalue weighted by molar-refractivity contribution is 0.0491. The minimum absolute atomic E-state index is 0.287. The average molecular weight is 165 g/mol. The maximum absolute atomic E-state index is 8.79. The van der Waals surface area contributed by atoms with Gasteiger partial charge in [-0.25, -0.2) is 0 Å². The Morgan fingerprint density at radius 1 is 1.33 bits per heavy atom. The van der Waals surface area contributed by atoms with Crippen LogP contribution in [0.1, 0.15) is 5.56 Å². The molecule has 0 aromatic heterocycles. The molecule has 0 saturated heterocycles. The van der Waals surface area contributed by atoms with Crippen LogP contribution in [-0.4, -0.2) is 17.8 Å². The molecule has 0 aliphatic heterocycles. The van der Waals surface area contributed by atoms with E-state index in [2.05, 4.69) is 6.92 Å². The number of benzene rings is 1. The van der Waals surface area contributed by atoms with E-state index in [9.17, 15) is 0 Å². The van der Waals surface area contributed by atoms with Crippen molar-refractivity contribution in [2.45, 2.75) is 12.7 Å². The molecular formula is C10H13O2. The summed E-state index contributed by atoms with van der Waals surface area (Å²) in [5.41, 5.74) is 1.11. The lowest BCUT2D eigenvalue weighted by Crippen LogP contribution is -2.10. The molecule has 1 N–H and O–H groups in total. The number of ether oxygens (including phenoxy) is 1. The van der Waals surface area contributed by atoms with Crippen LogP contribution in [-0.2, 0) is 11.3 Å². The van der Waals surface area contributed by atoms with Gasteiger partial charge in [0.15, 0.2) is 0 Å². The van der Waals surface area contributed by atoms with E-state index in [0.717, 1.165) is 5.56 Å². The molecule has 0 spiro atoms. The molecule has 1 rings (SSSR count). The summed E-state index contributed by atoms with van der Waals surface area (Å²) in [4.78, 5) is 0. The number of aliphatic hydroxyl groups excluding tert-OH is 1. The van der Waals surface area contributed by atoms with Crippen LogP contribution in [0.3, 0.4) is 0 Å². The molecule has 0 amide bonds. The van der Waals surface area contributed by atoms with E-state index in [4.69, 9.17) is 9.84 Å². The monoisotopic (exact) mass is 165 g/mol. The van der Waals surface area contributed by atoms with Crippen LogP contribution in [0.15, 0.2) is 30.3 Å². The highest BCUT2D eigenvalue weighted by Gasteiger charge is 1.95. The van der Waals surface area contributed by atoms with Gasteiger partial charge in [-0.3, -0.25) is 0 Å². The normalized spacial score (nSPS) is 12.8. The lowest BCUT2D eigenvalue weighted by Gasteiger charge is -2.05. The third kappa shape index (κ3) is 3.51. The van der Waals surface area contributed by atoms with Crippen molar-refractivity contribution in [2.75, 3.05) is 6.61 Å². The second-order valence-corrected chi connectivity index (χ2v) is 2.65. The van der Waals surface area contributed by atoms with Gasteiger partial charge in [-0.1, -0.05) is 30.3 Å². The summed E-state index contributed by atoms with van der Waals surface area (Å²) >= 11 is 0. The van der Waals surface area contributed by atoms with E-state index in [0.29, 0.717) is 6.61 Å². The molecule has 2 nitrogen and oxygen atoms in total. The van der Waals surface area contributed by atoms with Crippen LogP contribution < -0.4 is 0 Å². The summed E-state index contributed by atoms with van der Waals surface area (Å²) in [7, 11) is 0. The molecule has 1 radical (unpaired) electrons. The van der Waals surface area contributed by atoms with Gasteiger partial charge in [0.1, 0.15) is 0 Å². The molecule has 0 saturated carbocycles. The Kier molecular flexibility index (Phi) is 3.77. The number of hydrogen-bond donors (Lipinski definition) is 1. The molecule has 0 heterocycles. The van der Waals surface area contributed by atoms with Crippen LogP contribution in [0.2, 0.25) is 0 Å². The van der Waals surface area contributed by atoms with Crippen LogP contribution in [0, 0.1) is 6.92 Å². The smallest absolute Gasteiger partial charge is 0.0774 e. The van der Waals surface area contributed by atoms with Crippen molar-refractivity contribution in [2.24, 2.45) is 0 Å². The molecular weight excluding hydrogens is 152 g/mol. The number of rotatable bonds is 4. The van der Waals surface area contributed by atoms with Gasteiger partial charge in [0.25, 0.3) is 0 Å². The zero-order valence-electron chi connectivity index (χ0n) is 6.94. The number of hydrogen-bond acceptors (Lipinski definition) is 2. The zero-order valence-corrected chi connectivity index (χ0v) is 6.94. The van der Waals surface area contributed by atoms with E-state index in [1.54, 1.807) is 0 Å². The highest BCUT2D eigenvalue weighted by atomic mass is 16.5. The Labute approximate surface area is 72.8 Å². The molecule has 12 heavy (non-hydrogen) atoms. The second-order valence-electron chi connectivity index (χ2n) is 2.65. The SMILES string of the molecule is [CH2][C@H](O)COCc1ccccc1. The van der Waals surface area contributed by atoms with Crippen LogP contribution in [0.4, 0.5) is 0 Å². The minimum Gasteiger partial charge on any atom is -0.391 e. The van der Waals surface area contributed by atoms with Gasteiger partial charge in [0.2, 0.25) is 0 Å². The lowest BCUT2D eigenvalue weighted by atomic mass is 10.2. The maximum Gasteiger partial charge on any atom is 0.0774 e. The summed E-state index contributed by atoms with van der Waals surface area (Å²) < 4.78 is 5.17. The highest BCUT2D eigenvalue weighted by molar-refractivity contribution is 5.13.